The second-order valence-electron chi connectivity index (χ2n) is 6.19. The molecule has 8 heteroatoms. The Hall–Kier alpha value is -3.81. The molecule has 0 atom stereocenters. The number of anilines is 1. The summed E-state index contributed by atoms with van der Waals surface area (Å²) in [6.45, 7) is -0.161. The first-order valence-corrected chi connectivity index (χ1v) is 8.58. The van der Waals surface area contributed by atoms with Gasteiger partial charge in [-0.1, -0.05) is 18.2 Å². The van der Waals surface area contributed by atoms with Gasteiger partial charge in [-0.25, -0.2) is 4.98 Å². The minimum absolute atomic E-state index is 0.161. The summed E-state index contributed by atoms with van der Waals surface area (Å²) in [5.41, 5.74) is 2.04. The van der Waals surface area contributed by atoms with Gasteiger partial charge in [0, 0.05) is 22.7 Å². The van der Waals surface area contributed by atoms with Crippen molar-refractivity contribution in [2.75, 3.05) is 19.5 Å². The van der Waals surface area contributed by atoms with Gasteiger partial charge in [-0.2, -0.15) is 0 Å². The molecule has 0 aliphatic carbocycles. The molecule has 0 radical (unpaired) electrons. The molecule has 1 amide bonds. The zero-order valence-electron chi connectivity index (χ0n) is 15.4. The van der Waals surface area contributed by atoms with Gasteiger partial charge < -0.3 is 19.8 Å². The number of aromatic amines is 1. The maximum absolute atomic E-state index is 12.7. The topological polar surface area (TPSA) is 98.2 Å². The first-order chi connectivity index (χ1) is 13.6. The zero-order valence-corrected chi connectivity index (χ0v) is 15.4. The van der Waals surface area contributed by atoms with E-state index in [1.807, 2.05) is 24.3 Å². The maximum Gasteiger partial charge on any atom is 0.278 e. The number of para-hydroxylation sites is 1. The van der Waals surface area contributed by atoms with Crippen LogP contribution in [0.5, 0.6) is 11.5 Å². The quantitative estimate of drug-likeness (QED) is 0.556. The van der Waals surface area contributed by atoms with E-state index in [4.69, 9.17) is 9.47 Å². The van der Waals surface area contributed by atoms with Gasteiger partial charge in [0.2, 0.25) is 5.91 Å². The molecule has 0 unspecified atom stereocenters. The average Bonchev–Trinajstić information content (AvgIpc) is 3.09. The Morgan fingerprint density at radius 2 is 1.93 bits per heavy atom. The van der Waals surface area contributed by atoms with Crippen molar-refractivity contribution in [1.29, 1.82) is 0 Å². The number of methoxy groups -OCH3 is 2. The summed E-state index contributed by atoms with van der Waals surface area (Å²) in [4.78, 5) is 32.6. The number of hydrogen-bond acceptors (Lipinski definition) is 5. The third-order valence-electron chi connectivity index (χ3n) is 4.46. The Labute approximate surface area is 159 Å². The van der Waals surface area contributed by atoms with E-state index in [0.29, 0.717) is 28.2 Å². The lowest BCUT2D eigenvalue weighted by molar-refractivity contribution is -0.116. The molecule has 0 saturated carbocycles. The lowest BCUT2D eigenvalue weighted by atomic mass is 10.2. The van der Waals surface area contributed by atoms with Crippen LogP contribution >= 0.6 is 0 Å². The molecule has 8 nitrogen and oxygen atoms in total. The molecule has 2 N–H and O–H groups in total. The predicted octanol–water partition coefficient (Wildman–Crippen LogP) is 2.53. The Morgan fingerprint density at radius 1 is 1.14 bits per heavy atom. The van der Waals surface area contributed by atoms with E-state index < -0.39 is 0 Å². The molecule has 0 bridgehead atoms. The maximum atomic E-state index is 12.7. The smallest absolute Gasteiger partial charge is 0.278 e. The molecule has 2 heterocycles. The van der Waals surface area contributed by atoms with Crippen molar-refractivity contribution in [3.8, 4) is 11.5 Å². The molecule has 2 aromatic carbocycles. The molecule has 2 aromatic heterocycles. The van der Waals surface area contributed by atoms with Gasteiger partial charge >= 0.3 is 0 Å². The summed E-state index contributed by atoms with van der Waals surface area (Å²) in [6, 6.07) is 12.6. The molecule has 4 aromatic rings. The number of carbonyl (C=O) groups is 1. The van der Waals surface area contributed by atoms with E-state index in [1.54, 1.807) is 18.2 Å². The fourth-order valence-electron chi connectivity index (χ4n) is 3.12. The predicted molar refractivity (Wildman–Crippen MR) is 106 cm³/mol. The number of fused-ring (bicyclic) bond motifs is 3. The van der Waals surface area contributed by atoms with E-state index in [9.17, 15) is 9.59 Å². The van der Waals surface area contributed by atoms with Gasteiger partial charge in [0.1, 0.15) is 17.6 Å². The van der Waals surface area contributed by atoms with Gasteiger partial charge in [0.25, 0.3) is 5.56 Å². The van der Waals surface area contributed by atoms with Crippen LogP contribution in [0.2, 0.25) is 0 Å². The summed E-state index contributed by atoms with van der Waals surface area (Å²) in [6.07, 6.45) is 1.39. The van der Waals surface area contributed by atoms with Gasteiger partial charge in [-0.3, -0.25) is 14.2 Å². The number of H-pyrrole nitrogens is 1. The van der Waals surface area contributed by atoms with Crippen molar-refractivity contribution >= 4 is 33.5 Å². The Bertz CT molecular complexity index is 1240. The highest BCUT2D eigenvalue weighted by atomic mass is 16.5. The number of ether oxygens (including phenoxy) is 2. The second-order valence-corrected chi connectivity index (χ2v) is 6.19. The van der Waals surface area contributed by atoms with E-state index in [0.717, 1.165) is 10.9 Å². The highest BCUT2D eigenvalue weighted by molar-refractivity contribution is 6.04. The highest BCUT2D eigenvalue weighted by Gasteiger charge is 2.13. The van der Waals surface area contributed by atoms with Crippen LogP contribution in [0.25, 0.3) is 21.9 Å². The number of carbonyl (C=O) groups excluding carboxylic acids is 1. The summed E-state index contributed by atoms with van der Waals surface area (Å²) >= 11 is 0. The number of aromatic nitrogens is 3. The number of hydrogen-bond donors (Lipinski definition) is 2. The van der Waals surface area contributed by atoms with Gasteiger partial charge in [0.15, 0.2) is 11.5 Å². The Balaban J connectivity index is 1.59. The van der Waals surface area contributed by atoms with E-state index in [2.05, 4.69) is 15.3 Å². The van der Waals surface area contributed by atoms with E-state index in [-0.39, 0.29) is 18.0 Å². The Kier molecular flexibility index (Phi) is 4.44. The van der Waals surface area contributed by atoms with Crippen LogP contribution in [0.3, 0.4) is 0 Å². The van der Waals surface area contributed by atoms with Crippen molar-refractivity contribution < 1.29 is 14.3 Å². The summed E-state index contributed by atoms with van der Waals surface area (Å²) in [7, 11) is 3.06. The van der Waals surface area contributed by atoms with Crippen LogP contribution in [0.1, 0.15) is 0 Å². The lowest BCUT2D eigenvalue weighted by Crippen LogP contribution is -2.28. The SMILES string of the molecule is COc1ccc(NC(=O)Cn2cnc3c([nH]c4ccccc43)c2=O)cc1OC. The highest BCUT2D eigenvalue weighted by Crippen LogP contribution is 2.29. The first-order valence-electron chi connectivity index (χ1n) is 8.58. The molecule has 0 saturated heterocycles. The molecule has 0 fully saturated rings. The van der Waals surface area contributed by atoms with Crippen LogP contribution in [0.15, 0.2) is 53.6 Å². The summed E-state index contributed by atoms with van der Waals surface area (Å²) in [5, 5.41) is 3.62. The molecular formula is C20H18N4O4. The molecular weight excluding hydrogens is 360 g/mol. The summed E-state index contributed by atoms with van der Waals surface area (Å²) < 4.78 is 11.7. The molecule has 4 rings (SSSR count). The van der Waals surface area contributed by atoms with Crippen molar-refractivity contribution in [2.24, 2.45) is 0 Å². The largest absolute Gasteiger partial charge is 0.493 e. The minimum Gasteiger partial charge on any atom is -0.493 e. The van der Waals surface area contributed by atoms with Crippen LogP contribution < -0.4 is 20.3 Å². The molecule has 0 aliphatic heterocycles. The fraction of sp³-hybridized carbons (Fsp3) is 0.150. The van der Waals surface area contributed by atoms with Crippen LogP contribution in [0.4, 0.5) is 5.69 Å². The molecule has 0 spiro atoms. The number of rotatable bonds is 5. The number of nitrogens with one attached hydrogen (secondary N) is 2. The third-order valence-corrected chi connectivity index (χ3v) is 4.46. The zero-order chi connectivity index (χ0) is 19.7. The van der Waals surface area contributed by atoms with Gasteiger partial charge in [0.05, 0.1) is 20.5 Å². The van der Waals surface area contributed by atoms with E-state index >= 15 is 0 Å². The standard InChI is InChI=1S/C20H18N4O4/c1-27-15-8-7-12(9-16(15)28-2)22-17(25)10-24-11-21-18-13-5-3-4-6-14(13)23-19(18)20(24)26/h3-9,11,23H,10H2,1-2H3,(H,22,25). The van der Waals surface area contributed by atoms with Crippen molar-refractivity contribution in [1.82, 2.24) is 14.5 Å². The Morgan fingerprint density at radius 3 is 2.71 bits per heavy atom. The summed E-state index contributed by atoms with van der Waals surface area (Å²) in [5.74, 6) is 0.704. The number of nitrogens with zero attached hydrogens (tertiary/aromatic N) is 2. The minimum atomic E-state index is -0.355. The van der Waals surface area contributed by atoms with Crippen LogP contribution in [-0.4, -0.2) is 34.7 Å². The third kappa shape index (κ3) is 3.05. The monoisotopic (exact) mass is 378 g/mol. The van der Waals surface area contributed by atoms with Gasteiger partial charge in [-0.15, -0.1) is 0 Å². The second kappa shape index (κ2) is 7.07. The van der Waals surface area contributed by atoms with E-state index in [1.165, 1.54) is 25.1 Å². The number of amides is 1. The first kappa shape index (κ1) is 17.6. The molecule has 0 aliphatic rings. The van der Waals surface area contributed by atoms with Crippen LogP contribution in [0, 0.1) is 0 Å². The lowest BCUT2D eigenvalue weighted by Gasteiger charge is -2.11. The van der Waals surface area contributed by atoms with Crippen molar-refractivity contribution in [3.05, 3.63) is 59.1 Å². The average molecular weight is 378 g/mol. The van der Waals surface area contributed by atoms with Crippen molar-refractivity contribution in [3.63, 3.8) is 0 Å². The van der Waals surface area contributed by atoms with Gasteiger partial charge in [-0.05, 0) is 18.2 Å². The normalized spacial score (nSPS) is 10.9. The molecule has 142 valence electrons. The number of benzene rings is 2. The molecule has 28 heavy (non-hydrogen) atoms. The van der Waals surface area contributed by atoms with Crippen molar-refractivity contribution in [2.45, 2.75) is 6.54 Å². The fourth-order valence-corrected chi connectivity index (χ4v) is 3.12. The van der Waals surface area contributed by atoms with Crippen LogP contribution in [-0.2, 0) is 11.3 Å².